The first-order valence-electron chi connectivity index (χ1n) is 8.39. The van der Waals surface area contributed by atoms with Gasteiger partial charge >= 0.3 is 0 Å². The maximum Gasteiger partial charge on any atom is 0.130 e. The van der Waals surface area contributed by atoms with Crippen molar-refractivity contribution in [2.24, 2.45) is 0 Å². The van der Waals surface area contributed by atoms with E-state index in [-0.39, 0.29) is 0 Å². The molecule has 0 aliphatic carbocycles. The molecule has 0 amide bonds. The smallest absolute Gasteiger partial charge is 0.130 e. The SMILES string of the molecule is C=CCc1ccccc1Oc1ccccc1CC=C.CCOCC. The first-order valence-corrected chi connectivity index (χ1v) is 8.39. The van der Waals surface area contributed by atoms with E-state index in [0.717, 1.165) is 48.7 Å². The molecule has 0 aliphatic rings. The second kappa shape index (κ2) is 12.1. The van der Waals surface area contributed by atoms with Gasteiger partial charge in [0.05, 0.1) is 0 Å². The number of ether oxygens (including phenoxy) is 2. The Balaban J connectivity index is 0.000000505. The average Bonchev–Trinajstić information content (AvgIpc) is 2.60. The van der Waals surface area contributed by atoms with Crippen LogP contribution in [0, 0.1) is 0 Å². The first-order chi connectivity index (χ1) is 11.8. The molecule has 0 saturated carbocycles. The Bertz CT molecular complexity index is 563. The summed E-state index contributed by atoms with van der Waals surface area (Å²) in [6.45, 7) is 13.2. The second-order valence-electron chi connectivity index (χ2n) is 5.08. The molecule has 2 aromatic carbocycles. The highest BCUT2D eigenvalue weighted by Crippen LogP contribution is 2.28. The fraction of sp³-hybridized carbons (Fsp3) is 0.273. The van der Waals surface area contributed by atoms with Crippen LogP contribution in [0.2, 0.25) is 0 Å². The predicted octanol–water partition coefficient (Wildman–Crippen LogP) is 5.98. The molecule has 2 nitrogen and oxygen atoms in total. The monoisotopic (exact) mass is 324 g/mol. The van der Waals surface area contributed by atoms with Gasteiger partial charge in [0.25, 0.3) is 0 Å². The number of benzene rings is 2. The first kappa shape index (κ1) is 19.7. The largest absolute Gasteiger partial charge is 0.457 e. The number of para-hydroxylation sites is 2. The van der Waals surface area contributed by atoms with Crippen LogP contribution in [-0.4, -0.2) is 13.2 Å². The Labute approximate surface area is 146 Å². The van der Waals surface area contributed by atoms with E-state index in [0.29, 0.717) is 0 Å². The minimum atomic E-state index is 0.805. The van der Waals surface area contributed by atoms with Crippen molar-refractivity contribution in [3.05, 3.63) is 85.0 Å². The minimum absolute atomic E-state index is 0.805. The molecule has 2 rings (SSSR count). The van der Waals surface area contributed by atoms with Gasteiger partial charge in [-0.1, -0.05) is 48.6 Å². The van der Waals surface area contributed by atoms with E-state index in [1.54, 1.807) is 0 Å². The van der Waals surface area contributed by atoms with E-state index >= 15 is 0 Å². The molecule has 0 spiro atoms. The molecule has 0 bridgehead atoms. The molecule has 0 aromatic heterocycles. The summed E-state index contributed by atoms with van der Waals surface area (Å²) in [4.78, 5) is 0. The summed E-state index contributed by atoms with van der Waals surface area (Å²) in [5, 5.41) is 0. The Morgan fingerprint density at radius 3 is 1.50 bits per heavy atom. The van der Waals surface area contributed by atoms with Gasteiger partial charge in [-0.05, 0) is 49.9 Å². The van der Waals surface area contributed by atoms with Crippen molar-refractivity contribution in [3.8, 4) is 11.5 Å². The van der Waals surface area contributed by atoms with Crippen LogP contribution in [-0.2, 0) is 17.6 Å². The van der Waals surface area contributed by atoms with Gasteiger partial charge in [0, 0.05) is 13.2 Å². The Hall–Kier alpha value is -2.32. The van der Waals surface area contributed by atoms with Gasteiger partial charge in [0.15, 0.2) is 0 Å². The zero-order chi connectivity index (χ0) is 17.6. The molecule has 0 unspecified atom stereocenters. The molecule has 128 valence electrons. The van der Waals surface area contributed by atoms with E-state index in [2.05, 4.69) is 25.3 Å². The predicted molar refractivity (Wildman–Crippen MR) is 103 cm³/mol. The number of rotatable bonds is 8. The Morgan fingerprint density at radius 1 is 0.750 bits per heavy atom. The molecule has 0 atom stereocenters. The highest BCUT2D eigenvalue weighted by atomic mass is 16.5. The summed E-state index contributed by atoms with van der Waals surface area (Å²) in [5.74, 6) is 1.78. The van der Waals surface area contributed by atoms with Gasteiger partial charge in [-0.25, -0.2) is 0 Å². The van der Waals surface area contributed by atoms with Crippen LogP contribution in [0.1, 0.15) is 25.0 Å². The summed E-state index contributed by atoms with van der Waals surface area (Å²) >= 11 is 0. The van der Waals surface area contributed by atoms with Gasteiger partial charge in [-0.15, -0.1) is 13.2 Å². The zero-order valence-corrected chi connectivity index (χ0v) is 14.8. The van der Waals surface area contributed by atoms with Gasteiger partial charge in [-0.3, -0.25) is 0 Å². The van der Waals surface area contributed by atoms with E-state index < -0.39 is 0 Å². The molecule has 0 radical (unpaired) electrons. The third-order valence-electron chi connectivity index (χ3n) is 3.30. The number of hydrogen-bond donors (Lipinski definition) is 0. The molecule has 24 heavy (non-hydrogen) atoms. The third kappa shape index (κ3) is 6.84. The van der Waals surface area contributed by atoms with Gasteiger partial charge in [0.1, 0.15) is 11.5 Å². The van der Waals surface area contributed by atoms with Crippen LogP contribution in [0.5, 0.6) is 11.5 Å². The van der Waals surface area contributed by atoms with Crippen LogP contribution in [0.15, 0.2) is 73.8 Å². The molecule has 0 N–H and O–H groups in total. The van der Waals surface area contributed by atoms with Gasteiger partial charge < -0.3 is 9.47 Å². The van der Waals surface area contributed by atoms with Crippen molar-refractivity contribution in [2.45, 2.75) is 26.7 Å². The zero-order valence-electron chi connectivity index (χ0n) is 14.8. The van der Waals surface area contributed by atoms with Crippen LogP contribution in [0.4, 0.5) is 0 Å². The Morgan fingerprint density at radius 2 is 1.17 bits per heavy atom. The van der Waals surface area contributed by atoms with Crippen molar-refractivity contribution < 1.29 is 9.47 Å². The van der Waals surface area contributed by atoms with Crippen molar-refractivity contribution >= 4 is 0 Å². The van der Waals surface area contributed by atoms with Crippen LogP contribution in [0.3, 0.4) is 0 Å². The lowest BCUT2D eigenvalue weighted by Gasteiger charge is -2.12. The molecular weight excluding hydrogens is 296 g/mol. The topological polar surface area (TPSA) is 18.5 Å². The second-order valence-corrected chi connectivity index (χ2v) is 5.08. The quantitative estimate of drug-likeness (QED) is 0.556. The van der Waals surface area contributed by atoms with Crippen molar-refractivity contribution in [1.82, 2.24) is 0 Å². The van der Waals surface area contributed by atoms with Gasteiger partial charge in [-0.2, -0.15) is 0 Å². The average molecular weight is 324 g/mol. The van der Waals surface area contributed by atoms with Crippen molar-refractivity contribution in [3.63, 3.8) is 0 Å². The third-order valence-corrected chi connectivity index (χ3v) is 3.30. The summed E-state index contributed by atoms with van der Waals surface area (Å²) in [7, 11) is 0. The lowest BCUT2D eigenvalue weighted by Crippen LogP contribution is -1.93. The van der Waals surface area contributed by atoms with Crippen LogP contribution >= 0.6 is 0 Å². The normalized spacial score (nSPS) is 9.58. The lowest BCUT2D eigenvalue weighted by molar-refractivity contribution is 0.162. The minimum Gasteiger partial charge on any atom is -0.457 e. The molecular formula is C22H28O2. The lowest BCUT2D eigenvalue weighted by atomic mass is 10.1. The number of hydrogen-bond acceptors (Lipinski definition) is 2. The van der Waals surface area contributed by atoms with E-state index in [9.17, 15) is 0 Å². The highest BCUT2D eigenvalue weighted by molar-refractivity contribution is 5.42. The van der Waals surface area contributed by atoms with E-state index in [4.69, 9.17) is 9.47 Å². The highest BCUT2D eigenvalue weighted by Gasteiger charge is 2.06. The summed E-state index contributed by atoms with van der Waals surface area (Å²) < 4.78 is 10.9. The maximum absolute atomic E-state index is 6.05. The molecule has 0 saturated heterocycles. The summed E-state index contributed by atoms with van der Waals surface area (Å²) in [6, 6.07) is 16.1. The van der Waals surface area contributed by atoms with Crippen molar-refractivity contribution in [2.75, 3.05) is 13.2 Å². The summed E-state index contributed by atoms with van der Waals surface area (Å²) in [5.41, 5.74) is 2.29. The van der Waals surface area contributed by atoms with E-state index in [1.165, 1.54) is 0 Å². The fourth-order valence-electron chi connectivity index (χ4n) is 2.18. The molecule has 0 aliphatic heterocycles. The summed E-state index contributed by atoms with van der Waals surface area (Å²) in [6.07, 6.45) is 5.38. The molecule has 2 aromatic rings. The van der Waals surface area contributed by atoms with Crippen molar-refractivity contribution in [1.29, 1.82) is 0 Å². The number of allylic oxidation sites excluding steroid dienone is 2. The van der Waals surface area contributed by atoms with Crippen LogP contribution in [0.25, 0.3) is 0 Å². The molecule has 2 heteroatoms. The maximum atomic E-state index is 6.05. The fourth-order valence-corrected chi connectivity index (χ4v) is 2.18. The van der Waals surface area contributed by atoms with Crippen LogP contribution < -0.4 is 4.74 Å². The van der Waals surface area contributed by atoms with Gasteiger partial charge in [0.2, 0.25) is 0 Å². The molecule has 0 fully saturated rings. The standard InChI is InChI=1S/C18H18O.C4H10O/c1-3-9-15-11-5-7-13-17(15)19-18-14-8-6-12-16(18)10-4-2;1-3-5-4-2/h3-8,11-14H,1-2,9-10H2;3-4H2,1-2H3. The molecule has 0 heterocycles. The Kier molecular flexibility index (Phi) is 9.98. The van der Waals surface area contributed by atoms with E-state index in [1.807, 2.05) is 62.4 Å².